The number of carbonyl (C=O) groups excluding carboxylic acids is 2. The number of ether oxygens (including phenoxy) is 1. The van der Waals surface area contributed by atoms with Crippen LogP contribution >= 0.6 is 11.6 Å². The Kier molecular flexibility index (Phi) is 4.39. The number of alkyl halides is 2. The van der Waals surface area contributed by atoms with Crippen molar-refractivity contribution in [3.05, 3.63) is 28.8 Å². The van der Waals surface area contributed by atoms with Crippen LogP contribution in [0.25, 0.3) is 0 Å². The lowest BCUT2D eigenvalue weighted by molar-refractivity contribution is -0.126. The molecule has 1 amide bonds. The van der Waals surface area contributed by atoms with Crippen LogP contribution in [0.15, 0.2) is 18.2 Å². The van der Waals surface area contributed by atoms with Crippen LogP contribution in [0.4, 0.5) is 14.5 Å². The molecule has 0 saturated carbocycles. The molecule has 7 heteroatoms. The largest absolute Gasteiger partial charge is 0.465 e. The van der Waals surface area contributed by atoms with Crippen molar-refractivity contribution in [2.24, 2.45) is 0 Å². The van der Waals surface area contributed by atoms with Gasteiger partial charge in [0.15, 0.2) is 0 Å². The molecule has 0 aliphatic heterocycles. The summed E-state index contributed by atoms with van der Waals surface area (Å²) in [5, 5.41) is 2.13. The molecule has 1 aromatic carbocycles. The van der Waals surface area contributed by atoms with Gasteiger partial charge in [-0.25, -0.2) is 4.79 Å². The van der Waals surface area contributed by atoms with E-state index in [1.807, 2.05) is 5.32 Å². The zero-order chi connectivity index (χ0) is 13.0. The van der Waals surface area contributed by atoms with Gasteiger partial charge in [0.05, 0.1) is 18.4 Å². The molecule has 1 rings (SSSR count). The van der Waals surface area contributed by atoms with Gasteiger partial charge in [0.2, 0.25) is 0 Å². The Morgan fingerprint density at radius 3 is 2.59 bits per heavy atom. The maximum absolute atomic E-state index is 12.1. The highest BCUT2D eigenvalue weighted by atomic mass is 35.5. The quantitative estimate of drug-likeness (QED) is 0.852. The summed E-state index contributed by atoms with van der Waals surface area (Å²) >= 11 is 5.65. The molecule has 1 N–H and O–H groups in total. The first-order valence-electron chi connectivity index (χ1n) is 4.42. The van der Waals surface area contributed by atoms with E-state index in [1.54, 1.807) is 0 Å². The van der Waals surface area contributed by atoms with Crippen LogP contribution in [0.3, 0.4) is 0 Å². The molecule has 0 aliphatic carbocycles. The molecule has 0 heterocycles. The minimum absolute atomic E-state index is 0.0773. The molecule has 0 aliphatic rings. The second kappa shape index (κ2) is 5.58. The van der Waals surface area contributed by atoms with E-state index in [0.29, 0.717) is 0 Å². The Labute approximate surface area is 101 Å². The summed E-state index contributed by atoms with van der Waals surface area (Å²) in [5.74, 6) is -2.28. The zero-order valence-corrected chi connectivity index (χ0v) is 9.42. The number of hydrogen-bond acceptors (Lipinski definition) is 3. The fraction of sp³-hybridized carbons (Fsp3) is 0.200. The minimum Gasteiger partial charge on any atom is -0.465 e. The number of amides is 1. The lowest BCUT2D eigenvalue weighted by Gasteiger charge is -2.09. The number of anilines is 1. The molecule has 4 nitrogen and oxygen atoms in total. The highest BCUT2D eigenvalue weighted by Gasteiger charge is 2.19. The average Bonchev–Trinajstić information content (AvgIpc) is 2.30. The molecule has 0 saturated heterocycles. The normalized spacial score (nSPS) is 10.2. The summed E-state index contributed by atoms with van der Waals surface area (Å²) in [6, 6.07) is 3.82. The highest BCUT2D eigenvalue weighted by molar-refractivity contribution is 6.31. The third kappa shape index (κ3) is 3.39. The Morgan fingerprint density at radius 1 is 1.41 bits per heavy atom. The van der Waals surface area contributed by atoms with E-state index in [9.17, 15) is 18.4 Å². The Balaban J connectivity index is 3.06. The van der Waals surface area contributed by atoms with Gasteiger partial charge in [-0.15, -0.1) is 0 Å². The van der Waals surface area contributed by atoms with Crippen LogP contribution in [-0.2, 0) is 9.53 Å². The fourth-order valence-corrected chi connectivity index (χ4v) is 1.26. The summed E-state index contributed by atoms with van der Waals surface area (Å²) in [5.41, 5.74) is -0.166. The molecular formula is C10H8ClF2NO3. The van der Waals surface area contributed by atoms with Gasteiger partial charge in [-0.05, 0) is 18.2 Å². The second-order valence-corrected chi connectivity index (χ2v) is 3.41. The Bertz CT molecular complexity index is 451. The molecule has 0 aromatic heterocycles. The number of hydrogen-bond donors (Lipinski definition) is 1. The van der Waals surface area contributed by atoms with Crippen LogP contribution < -0.4 is 5.32 Å². The molecule has 0 fully saturated rings. The van der Waals surface area contributed by atoms with Gasteiger partial charge in [-0.3, -0.25) is 4.79 Å². The molecule has 17 heavy (non-hydrogen) atoms. The predicted molar refractivity (Wildman–Crippen MR) is 57.4 cm³/mol. The van der Waals surface area contributed by atoms with E-state index in [4.69, 9.17) is 11.6 Å². The van der Waals surface area contributed by atoms with Crippen molar-refractivity contribution < 1.29 is 23.1 Å². The molecule has 0 spiro atoms. The standard InChI is InChI=1S/C10H8ClF2NO3/c1-17-10(16)6-4-5(11)2-3-7(6)14-9(15)8(12)13/h2-4,8H,1H3,(H,14,15). The lowest BCUT2D eigenvalue weighted by atomic mass is 10.2. The lowest BCUT2D eigenvalue weighted by Crippen LogP contribution is -2.21. The van der Waals surface area contributed by atoms with Crippen molar-refractivity contribution in [1.82, 2.24) is 0 Å². The number of halogens is 3. The van der Waals surface area contributed by atoms with Crippen LogP contribution in [0.1, 0.15) is 10.4 Å². The Hall–Kier alpha value is -1.69. The number of rotatable bonds is 3. The molecule has 1 aromatic rings. The van der Waals surface area contributed by atoms with Crippen molar-refractivity contribution in [1.29, 1.82) is 0 Å². The minimum atomic E-state index is -3.17. The van der Waals surface area contributed by atoms with E-state index in [1.165, 1.54) is 18.2 Å². The van der Waals surface area contributed by atoms with Crippen LogP contribution in [0.2, 0.25) is 5.02 Å². The molecular weight excluding hydrogens is 256 g/mol. The number of carbonyl (C=O) groups is 2. The van der Waals surface area contributed by atoms with Crippen molar-refractivity contribution in [2.75, 3.05) is 12.4 Å². The van der Waals surface area contributed by atoms with Crippen molar-refractivity contribution in [3.8, 4) is 0 Å². The molecule has 0 atom stereocenters. The number of methoxy groups -OCH3 is 1. The monoisotopic (exact) mass is 263 g/mol. The fourth-order valence-electron chi connectivity index (χ4n) is 1.09. The van der Waals surface area contributed by atoms with E-state index in [2.05, 4.69) is 4.74 Å². The summed E-state index contributed by atoms with van der Waals surface area (Å²) < 4.78 is 28.5. The molecule has 0 radical (unpaired) electrons. The van der Waals surface area contributed by atoms with Gasteiger partial charge < -0.3 is 10.1 Å². The third-order valence-electron chi connectivity index (χ3n) is 1.84. The van der Waals surface area contributed by atoms with Gasteiger partial charge in [-0.2, -0.15) is 8.78 Å². The van der Waals surface area contributed by atoms with Crippen LogP contribution in [0.5, 0.6) is 0 Å². The van der Waals surface area contributed by atoms with E-state index in [-0.39, 0.29) is 16.3 Å². The first-order valence-corrected chi connectivity index (χ1v) is 4.80. The van der Waals surface area contributed by atoms with Gasteiger partial charge >= 0.3 is 12.4 Å². The van der Waals surface area contributed by atoms with E-state index in [0.717, 1.165) is 7.11 Å². The smallest absolute Gasteiger partial charge is 0.340 e. The SMILES string of the molecule is COC(=O)c1cc(Cl)ccc1NC(=O)C(F)F. The van der Waals surface area contributed by atoms with Gasteiger partial charge in [0.25, 0.3) is 5.91 Å². The molecule has 0 unspecified atom stereocenters. The van der Waals surface area contributed by atoms with Crippen molar-refractivity contribution in [2.45, 2.75) is 6.43 Å². The van der Waals surface area contributed by atoms with Gasteiger partial charge in [0.1, 0.15) is 0 Å². The zero-order valence-electron chi connectivity index (χ0n) is 8.67. The van der Waals surface area contributed by atoms with E-state index < -0.39 is 18.3 Å². The highest BCUT2D eigenvalue weighted by Crippen LogP contribution is 2.22. The average molecular weight is 264 g/mol. The Morgan fingerprint density at radius 2 is 2.06 bits per heavy atom. The summed E-state index contributed by atoms with van der Waals surface area (Å²) in [6.07, 6.45) is -3.17. The first kappa shape index (κ1) is 13.4. The number of nitrogens with one attached hydrogen (secondary N) is 1. The number of benzene rings is 1. The first-order chi connectivity index (χ1) is 7.95. The molecule has 0 bridgehead atoms. The summed E-state index contributed by atoms with van der Waals surface area (Å²) in [7, 11) is 1.13. The summed E-state index contributed by atoms with van der Waals surface area (Å²) in [6.45, 7) is 0. The van der Waals surface area contributed by atoms with Crippen molar-refractivity contribution in [3.63, 3.8) is 0 Å². The van der Waals surface area contributed by atoms with Gasteiger partial charge in [0, 0.05) is 5.02 Å². The second-order valence-electron chi connectivity index (χ2n) is 2.97. The van der Waals surface area contributed by atoms with Crippen LogP contribution in [0, 0.1) is 0 Å². The maximum Gasteiger partial charge on any atom is 0.340 e. The number of esters is 1. The topological polar surface area (TPSA) is 55.4 Å². The summed E-state index contributed by atoms with van der Waals surface area (Å²) in [4.78, 5) is 22.1. The van der Waals surface area contributed by atoms with Crippen molar-refractivity contribution >= 4 is 29.2 Å². The molecule has 92 valence electrons. The van der Waals surface area contributed by atoms with Crippen LogP contribution in [-0.4, -0.2) is 25.4 Å². The maximum atomic E-state index is 12.1. The van der Waals surface area contributed by atoms with E-state index >= 15 is 0 Å². The predicted octanol–water partition coefficient (Wildman–Crippen LogP) is 2.33. The third-order valence-corrected chi connectivity index (χ3v) is 2.08. The van der Waals surface area contributed by atoms with Gasteiger partial charge in [-0.1, -0.05) is 11.6 Å².